The second-order valence-electron chi connectivity index (χ2n) is 3.99. The van der Waals surface area contributed by atoms with Crippen molar-refractivity contribution in [1.29, 1.82) is 0 Å². The molecule has 70 valence electrons. The Morgan fingerprint density at radius 2 is 2.17 bits per heavy atom. The van der Waals surface area contributed by atoms with Crippen LogP contribution in [0.3, 0.4) is 0 Å². The molecule has 0 aromatic rings. The standard InChI is InChI=1S/C9H19N3/c10-3-4-11-9-2-6-12-5-1-8(9)7-12/h8-9,11H,1-7,10H2. The Morgan fingerprint density at radius 1 is 1.33 bits per heavy atom. The topological polar surface area (TPSA) is 41.3 Å². The third-order valence-corrected chi connectivity index (χ3v) is 3.19. The zero-order valence-corrected chi connectivity index (χ0v) is 7.63. The SMILES string of the molecule is NCCNC1CCN2CCC1C2. The third-order valence-electron chi connectivity index (χ3n) is 3.19. The number of hydrogen-bond donors (Lipinski definition) is 2. The smallest absolute Gasteiger partial charge is 0.0121 e. The minimum atomic E-state index is 0.757. The molecule has 2 heterocycles. The van der Waals surface area contributed by atoms with Gasteiger partial charge in [-0.3, -0.25) is 0 Å². The molecule has 3 nitrogen and oxygen atoms in total. The number of nitrogens with two attached hydrogens (primary N) is 1. The maximum absolute atomic E-state index is 5.47. The zero-order valence-electron chi connectivity index (χ0n) is 7.63. The van der Waals surface area contributed by atoms with Gasteiger partial charge in [-0.05, 0) is 31.8 Å². The van der Waals surface area contributed by atoms with Crippen LogP contribution < -0.4 is 11.1 Å². The van der Waals surface area contributed by atoms with Crippen molar-refractivity contribution < 1.29 is 0 Å². The highest BCUT2D eigenvalue weighted by Crippen LogP contribution is 2.26. The third kappa shape index (κ3) is 1.63. The van der Waals surface area contributed by atoms with Gasteiger partial charge in [-0.2, -0.15) is 0 Å². The predicted octanol–water partition coefficient (Wildman–Crippen LogP) is -0.371. The highest BCUT2D eigenvalue weighted by Gasteiger charge is 2.33. The molecule has 2 rings (SSSR count). The Bertz CT molecular complexity index is 149. The number of piperidine rings is 1. The number of nitrogens with one attached hydrogen (secondary N) is 1. The van der Waals surface area contributed by atoms with Gasteiger partial charge in [0.05, 0.1) is 0 Å². The molecule has 0 spiro atoms. The summed E-state index contributed by atoms with van der Waals surface area (Å²) in [5, 5.41) is 3.55. The van der Waals surface area contributed by atoms with E-state index in [1.54, 1.807) is 0 Å². The van der Waals surface area contributed by atoms with E-state index in [2.05, 4.69) is 10.2 Å². The largest absolute Gasteiger partial charge is 0.329 e. The first kappa shape index (κ1) is 8.48. The van der Waals surface area contributed by atoms with Gasteiger partial charge in [0.2, 0.25) is 0 Å². The number of fused-ring (bicyclic) bond motifs is 2. The first-order valence-corrected chi connectivity index (χ1v) is 5.06. The van der Waals surface area contributed by atoms with Gasteiger partial charge in [-0.25, -0.2) is 0 Å². The van der Waals surface area contributed by atoms with Crippen molar-refractivity contribution in [2.45, 2.75) is 18.9 Å². The van der Waals surface area contributed by atoms with Crippen molar-refractivity contribution in [3.05, 3.63) is 0 Å². The molecule has 2 saturated heterocycles. The van der Waals surface area contributed by atoms with E-state index >= 15 is 0 Å². The van der Waals surface area contributed by atoms with Gasteiger partial charge in [0.15, 0.2) is 0 Å². The number of hydrogen-bond acceptors (Lipinski definition) is 3. The van der Waals surface area contributed by atoms with Gasteiger partial charge >= 0.3 is 0 Å². The fourth-order valence-electron chi connectivity index (χ4n) is 2.49. The molecule has 0 aromatic carbocycles. The van der Waals surface area contributed by atoms with Gasteiger partial charge in [0.25, 0.3) is 0 Å². The van der Waals surface area contributed by atoms with E-state index in [4.69, 9.17) is 5.73 Å². The lowest BCUT2D eigenvalue weighted by Gasteiger charge is -2.30. The van der Waals surface area contributed by atoms with Crippen molar-refractivity contribution in [2.24, 2.45) is 11.7 Å². The summed E-state index contributed by atoms with van der Waals surface area (Å²) in [5.74, 6) is 0.908. The van der Waals surface area contributed by atoms with Crippen LogP contribution in [-0.2, 0) is 0 Å². The summed E-state index contributed by atoms with van der Waals surface area (Å²) >= 11 is 0. The lowest BCUT2D eigenvalue weighted by Crippen LogP contribution is -2.45. The lowest BCUT2D eigenvalue weighted by molar-refractivity contribution is 0.222. The van der Waals surface area contributed by atoms with Gasteiger partial charge in [-0.1, -0.05) is 0 Å². The van der Waals surface area contributed by atoms with Crippen molar-refractivity contribution in [3.8, 4) is 0 Å². The number of nitrogens with zero attached hydrogens (tertiary/aromatic N) is 1. The molecule has 0 amide bonds. The van der Waals surface area contributed by atoms with Crippen molar-refractivity contribution in [3.63, 3.8) is 0 Å². The Kier molecular flexibility index (Phi) is 2.63. The van der Waals surface area contributed by atoms with Crippen LogP contribution in [0.2, 0.25) is 0 Å². The molecule has 0 aromatic heterocycles. The van der Waals surface area contributed by atoms with Crippen LogP contribution in [0.5, 0.6) is 0 Å². The zero-order chi connectivity index (χ0) is 8.39. The molecule has 2 aliphatic heterocycles. The first-order chi connectivity index (χ1) is 5.90. The quantitative estimate of drug-likeness (QED) is 0.605. The average Bonchev–Trinajstić information content (AvgIpc) is 2.48. The van der Waals surface area contributed by atoms with Crippen LogP contribution >= 0.6 is 0 Å². The second-order valence-corrected chi connectivity index (χ2v) is 3.99. The van der Waals surface area contributed by atoms with Crippen LogP contribution in [0.15, 0.2) is 0 Å². The van der Waals surface area contributed by atoms with Crippen molar-refractivity contribution in [2.75, 3.05) is 32.7 Å². The molecule has 3 heteroatoms. The summed E-state index contributed by atoms with van der Waals surface area (Å²) in [6.07, 6.45) is 2.72. The summed E-state index contributed by atoms with van der Waals surface area (Å²) in [6, 6.07) is 0.757. The van der Waals surface area contributed by atoms with E-state index in [9.17, 15) is 0 Å². The molecular weight excluding hydrogens is 150 g/mol. The molecule has 2 bridgehead atoms. The molecule has 2 aliphatic rings. The Balaban J connectivity index is 1.81. The summed E-state index contributed by atoms with van der Waals surface area (Å²) in [4.78, 5) is 2.57. The van der Waals surface area contributed by atoms with Crippen molar-refractivity contribution >= 4 is 0 Å². The van der Waals surface area contributed by atoms with E-state index < -0.39 is 0 Å². The second kappa shape index (κ2) is 3.73. The molecule has 0 aliphatic carbocycles. The fraction of sp³-hybridized carbons (Fsp3) is 1.00. The Labute approximate surface area is 74.3 Å². The van der Waals surface area contributed by atoms with Crippen molar-refractivity contribution in [1.82, 2.24) is 10.2 Å². The van der Waals surface area contributed by atoms with E-state index in [1.807, 2.05) is 0 Å². The molecule has 0 saturated carbocycles. The fourth-order valence-corrected chi connectivity index (χ4v) is 2.49. The van der Waals surface area contributed by atoms with E-state index in [1.165, 1.54) is 32.5 Å². The normalized spacial score (nSPS) is 40.2. The molecule has 3 N–H and O–H groups in total. The maximum atomic E-state index is 5.47. The number of rotatable bonds is 3. The summed E-state index contributed by atoms with van der Waals surface area (Å²) < 4.78 is 0. The predicted molar refractivity (Wildman–Crippen MR) is 50.0 cm³/mol. The van der Waals surface area contributed by atoms with Gasteiger partial charge in [0.1, 0.15) is 0 Å². The van der Waals surface area contributed by atoms with E-state index in [0.29, 0.717) is 0 Å². The minimum absolute atomic E-state index is 0.757. The van der Waals surface area contributed by atoms with Crippen LogP contribution in [0.1, 0.15) is 12.8 Å². The van der Waals surface area contributed by atoms with Crippen LogP contribution in [-0.4, -0.2) is 43.7 Å². The Morgan fingerprint density at radius 3 is 3.00 bits per heavy atom. The summed E-state index contributed by atoms with van der Waals surface area (Å²) in [5.41, 5.74) is 5.47. The average molecular weight is 169 g/mol. The van der Waals surface area contributed by atoms with Crippen LogP contribution in [0.4, 0.5) is 0 Å². The first-order valence-electron chi connectivity index (χ1n) is 5.06. The Hall–Kier alpha value is -0.120. The van der Waals surface area contributed by atoms with E-state index in [0.717, 1.165) is 25.0 Å². The van der Waals surface area contributed by atoms with Crippen LogP contribution in [0.25, 0.3) is 0 Å². The van der Waals surface area contributed by atoms with E-state index in [-0.39, 0.29) is 0 Å². The maximum Gasteiger partial charge on any atom is 0.0121 e. The molecular formula is C9H19N3. The monoisotopic (exact) mass is 169 g/mol. The highest BCUT2D eigenvalue weighted by atomic mass is 15.2. The molecule has 3 unspecified atom stereocenters. The van der Waals surface area contributed by atoms with Crippen LogP contribution in [0, 0.1) is 5.92 Å². The molecule has 12 heavy (non-hydrogen) atoms. The summed E-state index contributed by atoms with van der Waals surface area (Å²) in [7, 11) is 0. The summed E-state index contributed by atoms with van der Waals surface area (Å²) in [6.45, 7) is 5.69. The van der Waals surface area contributed by atoms with Gasteiger partial charge < -0.3 is 16.0 Å². The lowest BCUT2D eigenvalue weighted by atomic mass is 9.94. The molecule has 3 atom stereocenters. The van der Waals surface area contributed by atoms with Gasteiger partial charge in [0, 0.05) is 25.7 Å². The van der Waals surface area contributed by atoms with Gasteiger partial charge in [-0.15, -0.1) is 0 Å². The minimum Gasteiger partial charge on any atom is -0.329 e. The highest BCUT2D eigenvalue weighted by molar-refractivity contribution is 4.90. The molecule has 2 fully saturated rings. The molecule has 0 radical (unpaired) electrons.